The number of carbonyl (C=O) groups is 1. The SMILES string of the molecule is O=C(O)C1C(=S(=O)=O)Nc2c1c1ccccc1[nH]c2=O. The molecule has 0 fully saturated rings. The molecule has 20 heavy (non-hydrogen) atoms. The van der Waals surface area contributed by atoms with E-state index in [1.165, 1.54) is 0 Å². The van der Waals surface area contributed by atoms with Crippen LogP contribution in [0, 0.1) is 0 Å². The van der Waals surface area contributed by atoms with Crippen LogP contribution in [-0.2, 0) is 15.1 Å². The van der Waals surface area contributed by atoms with Gasteiger partial charge in [-0.2, -0.15) is 8.42 Å². The van der Waals surface area contributed by atoms with Gasteiger partial charge in [0.05, 0.1) is 0 Å². The van der Waals surface area contributed by atoms with Gasteiger partial charge in [-0.3, -0.25) is 9.59 Å². The summed E-state index contributed by atoms with van der Waals surface area (Å²) < 4.78 is 22.3. The van der Waals surface area contributed by atoms with Gasteiger partial charge in [-0.15, -0.1) is 0 Å². The number of carboxylic acids is 1. The van der Waals surface area contributed by atoms with Gasteiger partial charge in [-0.05, 0) is 6.07 Å². The smallest absolute Gasteiger partial charge is 0.318 e. The van der Waals surface area contributed by atoms with Crippen molar-refractivity contribution in [1.82, 2.24) is 4.98 Å². The number of fused-ring (bicyclic) bond motifs is 3. The molecule has 0 aliphatic carbocycles. The fraction of sp³-hybridized carbons (Fsp3) is 0.0833. The molecule has 0 bridgehead atoms. The average Bonchev–Trinajstić information content (AvgIpc) is 2.80. The first-order valence-corrected chi connectivity index (χ1v) is 6.69. The van der Waals surface area contributed by atoms with Gasteiger partial charge >= 0.3 is 5.97 Å². The zero-order valence-corrected chi connectivity index (χ0v) is 10.7. The molecule has 0 saturated heterocycles. The summed E-state index contributed by atoms with van der Waals surface area (Å²) in [4.78, 5) is 25.5. The molecule has 3 rings (SSSR count). The van der Waals surface area contributed by atoms with E-state index in [1.807, 2.05) is 0 Å². The van der Waals surface area contributed by atoms with Crippen LogP contribution in [0.2, 0.25) is 0 Å². The van der Waals surface area contributed by atoms with Crippen LogP contribution in [0.5, 0.6) is 0 Å². The second kappa shape index (κ2) is 4.20. The number of hydrogen-bond acceptors (Lipinski definition) is 4. The van der Waals surface area contributed by atoms with Gasteiger partial charge in [0.25, 0.3) is 5.56 Å². The standard InChI is InChI=1S/C12H8N2O5S/c15-10-9-7(5-3-1-2-4-6(5)13-10)8(12(16)17)11(14-9)20(18)19/h1-4,8,14H,(H,13,15)(H,16,17). The third-order valence-corrected chi connectivity index (χ3v) is 3.88. The van der Waals surface area contributed by atoms with Gasteiger partial charge in [0, 0.05) is 16.5 Å². The lowest BCUT2D eigenvalue weighted by atomic mass is 9.97. The molecular weight excluding hydrogens is 284 g/mol. The van der Waals surface area contributed by atoms with Crippen molar-refractivity contribution in [2.45, 2.75) is 5.92 Å². The largest absolute Gasteiger partial charge is 0.480 e. The molecule has 2 heterocycles. The van der Waals surface area contributed by atoms with Crippen molar-refractivity contribution >= 4 is 37.8 Å². The summed E-state index contributed by atoms with van der Waals surface area (Å²) in [6, 6.07) is 6.64. The Kier molecular flexibility index (Phi) is 2.61. The second-order valence-electron chi connectivity index (χ2n) is 4.28. The lowest BCUT2D eigenvalue weighted by Crippen LogP contribution is -2.21. The van der Waals surface area contributed by atoms with Crippen LogP contribution in [-0.4, -0.2) is 29.5 Å². The number of anilines is 1. The molecule has 1 aliphatic heterocycles. The summed E-state index contributed by atoms with van der Waals surface area (Å²) in [6.45, 7) is 0. The molecule has 1 atom stereocenters. The fourth-order valence-electron chi connectivity index (χ4n) is 2.39. The Bertz CT molecular complexity index is 934. The van der Waals surface area contributed by atoms with E-state index in [1.54, 1.807) is 24.3 Å². The highest BCUT2D eigenvalue weighted by molar-refractivity contribution is 7.73. The van der Waals surface area contributed by atoms with Crippen molar-refractivity contribution in [1.29, 1.82) is 0 Å². The number of benzene rings is 1. The van der Waals surface area contributed by atoms with Crippen LogP contribution in [0.3, 0.4) is 0 Å². The van der Waals surface area contributed by atoms with E-state index in [4.69, 9.17) is 0 Å². The van der Waals surface area contributed by atoms with Crippen LogP contribution >= 0.6 is 0 Å². The zero-order valence-electron chi connectivity index (χ0n) is 9.88. The molecular formula is C12H8N2O5S. The monoisotopic (exact) mass is 292 g/mol. The summed E-state index contributed by atoms with van der Waals surface area (Å²) in [6.07, 6.45) is 0. The minimum Gasteiger partial charge on any atom is -0.480 e. The Morgan fingerprint density at radius 2 is 1.95 bits per heavy atom. The third-order valence-electron chi connectivity index (χ3n) is 3.19. The first-order valence-electron chi connectivity index (χ1n) is 5.61. The Hall–Kier alpha value is -2.61. The Balaban J connectivity index is 2.51. The number of aromatic nitrogens is 1. The maximum atomic E-state index is 11.9. The molecule has 0 saturated carbocycles. The zero-order chi connectivity index (χ0) is 14.4. The first kappa shape index (κ1) is 12.4. The van der Waals surface area contributed by atoms with Gasteiger partial charge in [0.2, 0.25) is 10.3 Å². The summed E-state index contributed by atoms with van der Waals surface area (Å²) in [5, 5.41) is 12.2. The van der Waals surface area contributed by atoms with E-state index in [0.717, 1.165) is 0 Å². The number of hydrogen-bond donors (Lipinski definition) is 3. The van der Waals surface area contributed by atoms with Gasteiger partial charge in [0.1, 0.15) is 11.6 Å². The fourth-order valence-corrected chi connectivity index (χ4v) is 2.99. The highest BCUT2D eigenvalue weighted by Crippen LogP contribution is 2.35. The molecule has 7 nitrogen and oxygen atoms in total. The number of aliphatic carboxylic acids is 1. The quantitative estimate of drug-likeness (QED) is 0.643. The van der Waals surface area contributed by atoms with Crippen LogP contribution in [0.25, 0.3) is 10.9 Å². The van der Waals surface area contributed by atoms with E-state index in [-0.39, 0.29) is 11.3 Å². The van der Waals surface area contributed by atoms with E-state index in [2.05, 4.69) is 10.3 Å². The number of H-pyrrole nitrogens is 1. The number of nitrogens with one attached hydrogen (secondary N) is 2. The predicted octanol–water partition coefficient (Wildman–Crippen LogP) is 0.131. The van der Waals surface area contributed by atoms with Crippen LogP contribution in [0.4, 0.5) is 5.69 Å². The molecule has 3 N–H and O–H groups in total. The van der Waals surface area contributed by atoms with Crippen molar-refractivity contribution in [2.75, 3.05) is 5.32 Å². The highest BCUT2D eigenvalue weighted by atomic mass is 32.2. The lowest BCUT2D eigenvalue weighted by Gasteiger charge is -2.07. The number of carboxylic acid groups (broad SMARTS) is 1. The Morgan fingerprint density at radius 1 is 1.25 bits per heavy atom. The molecule has 0 radical (unpaired) electrons. The summed E-state index contributed by atoms with van der Waals surface area (Å²) in [5.41, 5.74) is 0.0546. The maximum Gasteiger partial charge on any atom is 0.318 e. The normalized spacial score (nSPS) is 16.8. The first-order chi connectivity index (χ1) is 9.50. The van der Waals surface area contributed by atoms with Crippen LogP contribution in [0.15, 0.2) is 29.1 Å². The van der Waals surface area contributed by atoms with Crippen molar-refractivity contribution in [3.05, 3.63) is 40.2 Å². The minimum absolute atomic E-state index is 0.0321. The van der Waals surface area contributed by atoms with Gasteiger partial charge < -0.3 is 15.4 Å². The number of pyridine rings is 1. The number of rotatable bonds is 1. The lowest BCUT2D eigenvalue weighted by molar-refractivity contribution is -0.136. The molecule has 0 amide bonds. The third kappa shape index (κ3) is 1.62. The van der Waals surface area contributed by atoms with Crippen molar-refractivity contribution in [3.8, 4) is 0 Å². The number of aromatic amines is 1. The Morgan fingerprint density at radius 3 is 2.60 bits per heavy atom. The topological polar surface area (TPSA) is 116 Å². The van der Waals surface area contributed by atoms with Gasteiger partial charge in [-0.1, -0.05) is 18.2 Å². The Labute approximate surface area is 113 Å². The molecule has 1 aromatic heterocycles. The molecule has 1 aromatic carbocycles. The average molecular weight is 292 g/mol. The van der Waals surface area contributed by atoms with Gasteiger partial charge in [0.15, 0.2) is 4.99 Å². The van der Waals surface area contributed by atoms with E-state index < -0.39 is 32.7 Å². The second-order valence-corrected chi connectivity index (χ2v) is 5.19. The summed E-state index contributed by atoms with van der Waals surface area (Å²) in [7, 11) is -2.75. The van der Waals surface area contributed by atoms with E-state index >= 15 is 0 Å². The van der Waals surface area contributed by atoms with Crippen molar-refractivity contribution < 1.29 is 18.3 Å². The van der Waals surface area contributed by atoms with Crippen LogP contribution < -0.4 is 10.9 Å². The molecule has 1 unspecified atom stereocenters. The van der Waals surface area contributed by atoms with Crippen molar-refractivity contribution in [3.63, 3.8) is 0 Å². The highest BCUT2D eigenvalue weighted by Gasteiger charge is 2.38. The summed E-state index contributed by atoms with van der Waals surface area (Å²) >= 11 is 0. The molecule has 102 valence electrons. The minimum atomic E-state index is -2.75. The molecule has 0 spiro atoms. The predicted molar refractivity (Wildman–Crippen MR) is 72.5 cm³/mol. The molecule has 2 aromatic rings. The van der Waals surface area contributed by atoms with Crippen LogP contribution in [0.1, 0.15) is 11.5 Å². The van der Waals surface area contributed by atoms with Gasteiger partial charge in [-0.25, -0.2) is 0 Å². The maximum absolute atomic E-state index is 11.9. The van der Waals surface area contributed by atoms with E-state index in [9.17, 15) is 23.1 Å². The van der Waals surface area contributed by atoms with Crippen molar-refractivity contribution in [2.24, 2.45) is 0 Å². The summed E-state index contributed by atoms with van der Waals surface area (Å²) in [5.74, 6) is -2.72. The molecule has 1 aliphatic rings. The van der Waals surface area contributed by atoms with E-state index in [0.29, 0.717) is 10.9 Å². The molecule has 8 heteroatoms. The number of para-hydroxylation sites is 1.